The fraction of sp³-hybridized carbons (Fsp3) is 0.476. The van der Waals surface area contributed by atoms with Crippen LogP contribution in [-0.4, -0.2) is 129 Å². The van der Waals surface area contributed by atoms with E-state index in [-0.39, 0.29) is 42.6 Å². The summed E-state index contributed by atoms with van der Waals surface area (Å²) in [5, 5.41) is 14.0. The van der Waals surface area contributed by atoms with Crippen molar-refractivity contribution >= 4 is 81.2 Å². The van der Waals surface area contributed by atoms with Crippen molar-refractivity contribution in [1.29, 1.82) is 0 Å². The Bertz CT molecular complexity index is 1240. The summed E-state index contributed by atoms with van der Waals surface area (Å²) in [5.41, 5.74) is 0.362. The zero-order valence-electron chi connectivity index (χ0n) is 20.6. The zero-order valence-corrected chi connectivity index (χ0v) is 24.2. The Balaban J connectivity index is 0.00000380. The maximum absolute atomic E-state index is 13.3. The van der Waals surface area contributed by atoms with Gasteiger partial charge in [0, 0.05) is 34.3 Å². The number of nitrogens with zero attached hydrogens (tertiary/aromatic N) is 3. The van der Waals surface area contributed by atoms with Gasteiger partial charge in [-0.15, -0.1) is 11.8 Å². The molecular weight excluding hydrogens is 537 g/mol. The number of β-lactam (4-membered cyclic amide) rings is 1. The van der Waals surface area contributed by atoms with Crippen molar-refractivity contribution in [3.05, 3.63) is 35.9 Å². The molecule has 4 atom stereocenters. The van der Waals surface area contributed by atoms with Crippen LogP contribution in [0.3, 0.4) is 0 Å². The number of thioether (sulfide) groups is 1. The molecule has 37 heavy (non-hydrogen) atoms. The minimum absolute atomic E-state index is 0. The number of imide groups is 1. The van der Waals surface area contributed by atoms with Crippen molar-refractivity contribution in [2.45, 2.75) is 42.1 Å². The molecule has 3 saturated heterocycles. The van der Waals surface area contributed by atoms with Crippen LogP contribution in [0, 0.1) is 0 Å². The van der Waals surface area contributed by atoms with Crippen LogP contribution in [0.1, 0.15) is 25.5 Å². The van der Waals surface area contributed by atoms with Gasteiger partial charge >= 0.3 is 18.0 Å². The van der Waals surface area contributed by atoms with Gasteiger partial charge in [0.15, 0.2) is 0 Å². The van der Waals surface area contributed by atoms with E-state index >= 15 is 0 Å². The number of hydrogen-bond acceptors (Lipinski definition) is 8. The molecule has 195 valence electrons. The van der Waals surface area contributed by atoms with Crippen LogP contribution in [-0.2, 0) is 24.4 Å². The van der Waals surface area contributed by atoms with Gasteiger partial charge in [0.2, 0.25) is 21.8 Å². The third-order valence-corrected chi connectivity index (χ3v) is 8.96. The number of aliphatic carboxylic acids is 1. The topological polar surface area (TPSA) is 173 Å². The largest absolute Gasteiger partial charge is 0.480 e. The molecule has 0 aromatic heterocycles. The molecule has 13 nitrogen and oxygen atoms in total. The number of hydrogen-bond donors (Lipinski definition) is 3. The Labute approximate surface area is 239 Å². The number of rotatable bonds is 6. The van der Waals surface area contributed by atoms with Gasteiger partial charge in [-0.05, 0) is 19.4 Å². The van der Waals surface area contributed by atoms with E-state index in [0.29, 0.717) is 14.8 Å². The summed E-state index contributed by atoms with van der Waals surface area (Å²) in [6.07, 6.45) is 0.850. The Morgan fingerprint density at radius 3 is 2.30 bits per heavy atom. The third kappa shape index (κ3) is 5.32. The molecular formula is C21H25N5NaO8S2. The van der Waals surface area contributed by atoms with Crippen LogP contribution >= 0.6 is 11.8 Å². The number of carboxylic acid groups (broad SMARTS) is 1. The van der Waals surface area contributed by atoms with E-state index in [2.05, 4.69) is 10.6 Å². The molecule has 0 unspecified atom stereocenters. The Hall–Kier alpha value is -2.33. The SMILES string of the molecule is CC1(C)S[C@@H]2[C@H](NC(=O)[C@H](NC(=O)N3CCN(S(C)(=O)=O)C3=O)c3ccccc3)C(=O)N2[C@H]1C(=O)O.[Na]. The van der Waals surface area contributed by atoms with Gasteiger partial charge in [0.25, 0.3) is 0 Å². The van der Waals surface area contributed by atoms with Crippen molar-refractivity contribution in [3.8, 4) is 0 Å². The summed E-state index contributed by atoms with van der Waals surface area (Å²) in [5.74, 6) is -2.42. The van der Waals surface area contributed by atoms with E-state index in [0.717, 1.165) is 6.26 Å². The molecule has 3 fully saturated rings. The first-order valence-electron chi connectivity index (χ1n) is 10.9. The number of nitrogens with one attached hydrogen (secondary N) is 2. The van der Waals surface area contributed by atoms with Crippen molar-refractivity contribution in [2.24, 2.45) is 0 Å². The summed E-state index contributed by atoms with van der Waals surface area (Å²) in [6.45, 7) is 3.02. The number of sulfonamides is 1. The van der Waals surface area contributed by atoms with Gasteiger partial charge in [-0.1, -0.05) is 30.3 Å². The summed E-state index contributed by atoms with van der Waals surface area (Å²) >= 11 is 1.26. The first kappa shape index (κ1) is 29.2. The smallest absolute Gasteiger partial charge is 0.341 e. The van der Waals surface area contributed by atoms with Crippen molar-refractivity contribution in [1.82, 2.24) is 24.7 Å². The molecule has 1 aromatic carbocycles. The molecule has 0 bridgehead atoms. The summed E-state index contributed by atoms with van der Waals surface area (Å²) in [7, 11) is -3.87. The number of carboxylic acids is 1. The van der Waals surface area contributed by atoms with E-state index in [1.165, 1.54) is 16.7 Å². The van der Waals surface area contributed by atoms with E-state index in [9.17, 15) is 37.5 Å². The molecule has 4 rings (SSSR count). The normalized spacial score (nSPS) is 25.1. The second kappa shape index (κ2) is 10.4. The molecule has 0 saturated carbocycles. The Morgan fingerprint density at radius 1 is 1.14 bits per heavy atom. The molecule has 0 spiro atoms. The Morgan fingerprint density at radius 2 is 1.76 bits per heavy atom. The first-order chi connectivity index (χ1) is 16.7. The standard InChI is InChI=1S/C21H25N5O8S2.Na/c1-21(2)14(18(29)30)26-16(28)13(17(26)35-21)22-15(27)12(11-7-5-4-6-8-11)23-19(31)24-9-10-25(20(24)32)36(3,33)34;/h4-8,12-14,17H,9-10H2,1-3H3,(H,22,27)(H,23,31)(H,29,30);/t12-,13-,14+,17-;/m1./s1. The molecule has 1 radical (unpaired) electrons. The summed E-state index contributed by atoms with van der Waals surface area (Å²) < 4.78 is 23.3. The predicted octanol–water partition coefficient (Wildman–Crippen LogP) is -0.615. The zero-order chi connectivity index (χ0) is 26.6. The second-order valence-corrected chi connectivity index (χ2v) is 12.8. The van der Waals surface area contributed by atoms with Gasteiger partial charge in [-0.25, -0.2) is 32.0 Å². The van der Waals surface area contributed by atoms with Gasteiger partial charge < -0.3 is 20.6 Å². The number of carbonyl (C=O) groups is 5. The monoisotopic (exact) mass is 562 g/mol. The fourth-order valence-corrected chi connectivity index (χ4v) is 6.96. The Kier molecular flexibility index (Phi) is 8.25. The van der Waals surface area contributed by atoms with Crippen molar-refractivity contribution in [2.75, 3.05) is 19.3 Å². The van der Waals surface area contributed by atoms with Gasteiger partial charge in [-0.3, -0.25) is 9.59 Å². The van der Waals surface area contributed by atoms with Crippen molar-refractivity contribution < 1.29 is 37.5 Å². The summed E-state index contributed by atoms with van der Waals surface area (Å²) in [4.78, 5) is 65.0. The number of amides is 6. The van der Waals surface area contributed by atoms with Crippen LogP contribution in [0.25, 0.3) is 0 Å². The molecule has 16 heteroatoms. The van der Waals surface area contributed by atoms with Crippen LogP contribution in [0.5, 0.6) is 0 Å². The molecule has 3 heterocycles. The average molecular weight is 563 g/mol. The molecule has 3 aliphatic rings. The second-order valence-electron chi connectivity index (χ2n) is 9.15. The fourth-order valence-electron chi connectivity index (χ4n) is 4.54. The van der Waals surface area contributed by atoms with Crippen LogP contribution < -0.4 is 10.6 Å². The van der Waals surface area contributed by atoms with E-state index in [4.69, 9.17) is 0 Å². The first-order valence-corrected chi connectivity index (χ1v) is 13.6. The maximum atomic E-state index is 13.3. The van der Waals surface area contributed by atoms with E-state index in [1.807, 2.05) is 0 Å². The minimum atomic E-state index is -3.87. The van der Waals surface area contributed by atoms with E-state index in [1.54, 1.807) is 44.2 Å². The quantitative estimate of drug-likeness (QED) is 0.302. The van der Waals surface area contributed by atoms with Crippen LogP contribution in [0.15, 0.2) is 30.3 Å². The minimum Gasteiger partial charge on any atom is -0.480 e. The average Bonchev–Trinajstić information content (AvgIpc) is 3.31. The van der Waals surface area contributed by atoms with Crippen molar-refractivity contribution in [3.63, 3.8) is 0 Å². The van der Waals surface area contributed by atoms with Crippen LogP contribution in [0.4, 0.5) is 9.59 Å². The maximum Gasteiger partial charge on any atom is 0.341 e. The molecule has 0 aliphatic carbocycles. The molecule has 3 aliphatic heterocycles. The van der Waals surface area contributed by atoms with E-state index < -0.39 is 68.1 Å². The molecule has 1 aromatic rings. The number of urea groups is 2. The third-order valence-electron chi connectivity index (χ3n) is 6.25. The number of benzene rings is 1. The number of carbonyl (C=O) groups excluding carboxylic acids is 4. The summed E-state index contributed by atoms with van der Waals surface area (Å²) in [6, 6.07) is 2.76. The van der Waals surface area contributed by atoms with Gasteiger partial charge in [0.1, 0.15) is 23.5 Å². The predicted molar refractivity (Wildman–Crippen MR) is 133 cm³/mol. The van der Waals surface area contributed by atoms with Gasteiger partial charge in [0.05, 0.1) is 19.3 Å². The van der Waals surface area contributed by atoms with Crippen LogP contribution in [0.2, 0.25) is 0 Å². The molecule has 3 N–H and O–H groups in total. The number of fused-ring (bicyclic) bond motifs is 1. The van der Waals surface area contributed by atoms with Gasteiger partial charge in [-0.2, -0.15) is 0 Å². The molecule has 6 amide bonds.